The summed E-state index contributed by atoms with van der Waals surface area (Å²) in [6.07, 6.45) is 2.03. The minimum Gasteiger partial charge on any atom is -0.456 e. The number of rotatable bonds is 5. The highest BCUT2D eigenvalue weighted by molar-refractivity contribution is 5.87. The van der Waals surface area contributed by atoms with Gasteiger partial charge in [-0.1, -0.05) is 25.2 Å². The lowest BCUT2D eigenvalue weighted by Gasteiger charge is -2.43. The Labute approximate surface area is 248 Å². The van der Waals surface area contributed by atoms with Crippen molar-refractivity contribution in [3.05, 3.63) is 59.5 Å². The van der Waals surface area contributed by atoms with Crippen LogP contribution in [0.3, 0.4) is 0 Å². The number of aliphatic hydroxyl groups excluding tert-OH is 1. The zero-order chi connectivity index (χ0) is 31.3. The van der Waals surface area contributed by atoms with Crippen LogP contribution in [0.1, 0.15) is 44.1 Å². The standard InChI is InChI=1S/C29H37N3O11/c1-15-11-16(2)29-14-18(21(13-23(33)43-29)41-25(34)20-7-6-10-30-20)8-9-19(29)12-22(38-4)26(35)42-24(15)17(3)40-28(37)32-31-27(36)39-5/h6-11,14-15,17,19,21-24,30,33H,12-13H2,1-5H3,(H,31,36)(H,32,37)/b16-11+/t15?,17?,19-,21-,22+,23?,24+,29?/m1/s1. The van der Waals surface area contributed by atoms with Crippen molar-refractivity contribution in [2.24, 2.45) is 11.8 Å². The third-order valence-corrected chi connectivity index (χ3v) is 7.76. The van der Waals surface area contributed by atoms with Crippen molar-refractivity contribution in [1.82, 2.24) is 15.8 Å². The highest BCUT2D eigenvalue weighted by atomic mass is 16.6. The van der Waals surface area contributed by atoms with Crippen molar-refractivity contribution in [3.63, 3.8) is 0 Å². The third-order valence-electron chi connectivity index (χ3n) is 7.76. The Morgan fingerprint density at radius 2 is 1.91 bits per heavy atom. The van der Waals surface area contributed by atoms with Crippen LogP contribution in [-0.2, 0) is 33.2 Å². The van der Waals surface area contributed by atoms with Crippen LogP contribution in [0.5, 0.6) is 0 Å². The second-order valence-electron chi connectivity index (χ2n) is 10.6. The van der Waals surface area contributed by atoms with Gasteiger partial charge < -0.3 is 38.5 Å². The largest absolute Gasteiger partial charge is 0.456 e. The molecule has 2 bridgehead atoms. The summed E-state index contributed by atoms with van der Waals surface area (Å²) in [5.74, 6) is -2.25. The number of hydrogen-bond acceptors (Lipinski definition) is 11. The fraction of sp³-hybridized carbons (Fsp3) is 0.517. The van der Waals surface area contributed by atoms with Gasteiger partial charge in [-0.15, -0.1) is 0 Å². The van der Waals surface area contributed by atoms with Crippen molar-refractivity contribution >= 4 is 24.1 Å². The molecular weight excluding hydrogens is 566 g/mol. The number of cyclic esters (lactones) is 1. The van der Waals surface area contributed by atoms with Gasteiger partial charge in [-0.25, -0.2) is 30.0 Å². The van der Waals surface area contributed by atoms with E-state index in [1.807, 2.05) is 36.0 Å². The van der Waals surface area contributed by atoms with E-state index >= 15 is 0 Å². The highest BCUT2D eigenvalue weighted by Gasteiger charge is 2.49. The first-order chi connectivity index (χ1) is 20.5. The first kappa shape index (κ1) is 31.8. The number of ether oxygens (including phenoxy) is 6. The molecule has 8 atom stereocenters. The monoisotopic (exact) mass is 603 g/mol. The molecule has 234 valence electrons. The van der Waals surface area contributed by atoms with Gasteiger partial charge in [0.15, 0.2) is 12.4 Å². The number of carbonyl (C=O) groups is 4. The second-order valence-corrected chi connectivity index (χ2v) is 10.6. The van der Waals surface area contributed by atoms with Gasteiger partial charge in [0, 0.05) is 31.6 Å². The van der Waals surface area contributed by atoms with Gasteiger partial charge >= 0.3 is 24.1 Å². The van der Waals surface area contributed by atoms with Gasteiger partial charge in [-0.3, -0.25) is 0 Å². The first-order valence-corrected chi connectivity index (χ1v) is 13.8. The van der Waals surface area contributed by atoms with Crippen molar-refractivity contribution < 1.29 is 52.7 Å². The maximum atomic E-state index is 13.3. The number of carbonyl (C=O) groups excluding carboxylic acids is 4. The molecule has 4 unspecified atom stereocenters. The molecule has 14 nitrogen and oxygen atoms in total. The molecule has 0 radical (unpaired) electrons. The smallest absolute Gasteiger partial charge is 0.426 e. The summed E-state index contributed by atoms with van der Waals surface area (Å²) in [5, 5.41) is 11.0. The molecule has 14 heteroatoms. The molecule has 0 saturated carbocycles. The molecule has 4 N–H and O–H groups in total. The van der Waals surface area contributed by atoms with Crippen LogP contribution >= 0.6 is 0 Å². The van der Waals surface area contributed by atoms with Crippen molar-refractivity contribution in [2.75, 3.05) is 14.2 Å². The Bertz CT molecular complexity index is 1290. The summed E-state index contributed by atoms with van der Waals surface area (Å²) in [4.78, 5) is 52.4. The summed E-state index contributed by atoms with van der Waals surface area (Å²) < 4.78 is 33.2. The van der Waals surface area contributed by atoms with Crippen LogP contribution in [0, 0.1) is 11.8 Å². The predicted molar refractivity (Wildman–Crippen MR) is 148 cm³/mol. The molecule has 1 aromatic rings. The van der Waals surface area contributed by atoms with Gasteiger partial charge in [0.2, 0.25) is 0 Å². The Hall–Kier alpha value is -4.14. The Balaban J connectivity index is 1.66. The first-order valence-electron chi connectivity index (χ1n) is 13.8. The van der Waals surface area contributed by atoms with Crippen LogP contribution in [0.4, 0.5) is 9.59 Å². The molecule has 3 aliphatic rings. The lowest BCUT2D eigenvalue weighted by molar-refractivity contribution is -0.182. The number of methoxy groups -OCH3 is 2. The van der Waals surface area contributed by atoms with Crippen LogP contribution in [-0.4, -0.2) is 84.7 Å². The second kappa shape index (κ2) is 13.4. The molecule has 43 heavy (non-hydrogen) atoms. The molecule has 0 saturated heterocycles. The SMILES string of the molecule is COC(=O)NNC(=O)OC(C)[C@H]1OC(=O)[C@@H](OC)C[C@H]2C=CC3=CC2(OC(O)C[C@H]3OC(=O)c2ccc[nH]2)/C(C)=C/C1C. The lowest BCUT2D eigenvalue weighted by Crippen LogP contribution is -2.49. The van der Waals surface area contributed by atoms with Gasteiger partial charge in [0.1, 0.15) is 29.6 Å². The van der Waals surface area contributed by atoms with E-state index in [4.69, 9.17) is 23.7 Å². The number of hydrazine groups is 1. The van der Waals surface area contributed by atoms with Crippen LogP contribution in [0.25, 0.3) is 0 Å². The predicted octanol–water partition coefficient (Wildman–Crippen LogP) is 2.43. The summed E-state index contributed by atoms with van der Waals surface area (Å²) in [6.45, 7) is 5.15. The van der Waals surface area contributed by atoms with Crippen molar-refractivity contribution in [2.45, 2.75) is 69.9 Å². The molecule has 1 aliphatic carbocycles. The molecule has 0 fully saturated rings. The average Bonchev–Trinajstić information content (AvgIpc) is 3.48. The number of amides is 2. The molecule has 2 amide bonds. The van der Waals surface area contributed by atoms with Crippen molar-refractivity contribution in [1.29, 1.82) is 0 Å². The topological polar surface area (TPSA) is 184 Å². The van der Waals surface area contributed by atoms with E-state index in [-0.39, 0.29) is 18.5 Å². The van der Waals surface area contributed by atoms with E-state index in [0.717, 1.165) is 7.11 Å². The van der Waals surface area contributed by atoms with E-state index in [9.17, 15) is 24.3 Å². The van der Waals surface area contributed by atoms with Crippen LogP contribution in [0.15, 0.2) is 53.8 Å². The van der Waals surface area contributed by atoms with Gasteiger partial charge in [0.05, 0.1) is 7.11 Å². The number of hydrogen-bond donors (Lipinski definition) is 4. The van der Waals surface area contributed by atoms with E-state index < -0.39 is 72.3 Å². The zero-order valence-electron chi connectivity index (χ0n) is 24.5. The van der Waals surface area contributed by atoms with Gasteiger partial charge in [-0.2, -0.15) is 0 Å². The van der Waals surface area contributed by atoms with Crippen LogP contribution < -0.4 is 10.9 Å². The van der Waals surface area contributed by atoms with E-state index in [1.54, 1.807) is 38.3 Å². The Kier molecular flexibility index (Phi) is 9.94. The van der Waals surface area contributed by atoms with Crippen molar-refractivity contribution in [3.8, 4) is 0 Å². The molecule has 3 heterocycles. The zero-order valence-corrected chi connectivity index (χ0v) is 24.5. The Morgan fingerprint density at radius 3 is 2.58 bits per heavy atom. The number of H-pyrrole nitrogens is 1. The summed E-state index contributed by atoms with van der Waals surface area (Å²) in [7, 11) is 2.51. The van der Waals surface area contributed by atoms with E-state index in [1.165, 1.54) is 7.11 Å². The maximum Gasteiger partial charge on any atom is 0.426 e. The fourth-order valence-electron chi connectivity index (χ4n) is 5.60. The molecule has 1 aromatic heterocycles. The number of aromatic nitrogens is 1. The highest BCUT2D eigenvalue weighted by Crippen LogP contribution is 2.45. The summed E-state index contributed by atoms with van der Waals surface area (Å²) >= 11 is 0. The minimum atomic E-state index is -1.32. The number of esters is 2. The molecule has 2 aliphatic heterocycles. The number of aliphatic hydroxyl groups is 1. The fourth-order valence-corrected chi connectivity index (χ4v) is 5.60. The van der Waals surface area contributed by atoms with Crippen LogP contribution in [0.2, 0.25) is 0 Å². The average molecular weight is 604 g/mol. The third kappa shape index (κ3) is 7.09. The normalized spacial score (nSPS) is 32.3. The maximum absolute atomic E-state index is 13.3. The van der Waals surface area contributed by atoms with E-state index in [2.05, 4.69) is 9.72 Å². The van der Waals surface area contributed by atoms with Gasteiger partial charge in [-0.05, 0) is 49.6 Å². The quantitative estimate of drug-likeness (QED) is 0.168. The lowest BCUT2D eigenvalue weighted by atomic mass is 9.72. The molecule has 0 aromatic carbocycles. The molecule has 4 rings (SSSR count). The molecule has 1 spiro atoms. The number of aromatic amines is 1. The summed E-state index contributed by atoms with van der Waals surface area (Å²) in [5.41, 5.74) is 4.41. The minimum absolute atomic E-state index is 0.0160. The van der Waals surface area contributed by atoms with E-state index in [0.29, 0.717) is 11.1 Å². The summed E-state index contributed by atoms with van der Waals surface area (Å²) in [6, 6.07) is 3.27. The van der Waals surface area contributed by atoms with Gasteiger partial charge in [0.25, 0.3) is 0 Å². The number of nitrogens with one attached hydrogen (secondary N) is 3. The molecular formula is C29H37N3O11. The Morgan fingerprint density at radius 1 is 1.16 bits per heavy atom.